The van der Waals surface area contributed by atoms with Crippen molar-refractivity contribution in [3.05, 3.63) is 17.0 Å². The topological polar surface area (TPSA) is 29.9 Å². The normalized spacial score (nSPS) is 20.5. The Kier molecular flexibility index (Phi) is 4.67. The molecule has 0 amide bonds. The molecule has 0 radical (unpaired) electrons. The van der Waals surface area contributed by atoms with Gasteiger partial charge in [0.05, 0.1) is 5.69 Å². The van der Waals surface area contributed by atoms with Gasteiger partial charge < -0.3 is 5.32 Å². The number of rotatable bonds is 4. The lowest BCUT2D eigenvalue weighted by molar-refractivity contribution is 0.268. The molecule has 1 saturated carbocycles. The Labute approximate surface area is 117 Å². The first-order valence-electron chi connectivity index (χ1n) is 7.76. The molecule has 1 aromatic rings. The van der Waals surface area contributed by atoms with Gasteiger partial charge in [0.15, 0.2) is 0 Å². The highest BCUT2D eigenvalue weighted by Gasteiger charge is 2.23. The third kappa shape index (κ3) is 3.19. The third-order valence-corrected chi connectivity index (χ3v) is 4.87. The van der Waals surface area contributed by atoms with Crippen molar-refractivity contribution in [1.82, 2.24) is 15.1 Å². The summed E-state index contributed by atoms with van der Waals surface area (Å²) in [5.41, 5.74) is 3.83. The zero-order chi connectivity index (χ0) is 14.0. The molecule has 1 N–H and O–H groups in total. The lowest BCUT2D eigenvalue weighted by Crippen LogP contribution is -2.36. The first-order valence-corrected chi connectivity index (χ1v) is 7.76. The molecule has 2 rings (SSSR count). The molecule has 1 aromatic heterocycles. The molecule has 0 spiro atoms. The van der Waals surface area contributed by atoms with Crippen molar-refractivity contribution in [3.8, 4) is 0 Å². The first kappa shape index (κ1) is 14.6. The standard InChI is InChI=1S/C16H29N3/c1-11(15-9-7-6-8-10-15)17-12(2)16-13(3)18-19(5)14(16)4/h11-12,15,17H,6-10H2,1-5H3/t11-,12?/m1/s1. The number of nitrogens with one attached hydrogen (secondary N) is 1. The lowest BCUT2D eigenvalue weighted by Gasteiger charge is -2.31. The van der Waals surface area contributed by atoms with Gasteiger partial charge in [-0.25, -0.2) is 0 Å². The molecule has 0 bridgehead atoms. The van der Waals surface area contributed by atoms with Gasteiger partial charge in [0.25, 0.3) is 0 Å². The van der Waals surface area contributed by atoms with Crippen molar-refractivity contribution in [1.29, 1.82) is 0 Å². The van der Waals surface area contributed by atoms with Crippen LogP contribution in [0.2, 0.25) is 0 Å². The fraction of sp³-hybridized carbons (Fsp3) is 0.812. The van der Waals surface area contributed by atoms with Gasteiger partial charge in [-0.3, -0.25) is 4.68 Å². The van der Waals surface area contributed by atoms with Crippen molar-refractivity contribution >= 4 is 0 Å². The summed E-state index contributed by atoms with van der Waals surface area (Å²) < 4.78 is 1.99. The maximum atomic E-state index is 4.53. The van der Waals surface area contributed by atoms with Gasteiger partial charge in [-0.1, -0.05) is 19.3 Å². The first-order chi connectivity index (χ1) is 9.00. The lowest BCUT2D eigenvalue weighted by atomic mass is 9.84. The molecule has 1 fully saturated rings. The van der Waals surface area contributed by atoms with Crippen LogP contribution in [0.4, 0.5) is 0 Å². The molecule has 0 saturated heterocycles. The molecular formula is C16H29N3. The van der Waals surface area contributed by atoms with Crippen LogP contribution in [-0.4, -0.2) is 15.8 Å². The van der Waals surface area contributed by atoms with Crippen molar-refractivity contribution in [2.75, 3.05) is 0 Å². The molecule has 2 atom stereocenters. The van der Waals surface area contributed by atoms with Crippen molar-refractivity contribution in [3.63, 3.8) is 0 Å². The number of aromatic nitrogens is 2. The molecular weight excluding hydrogens is 234 g/mol. The van der Waals surface area contributed by atoms with Crippen LogP contribution in [0.3, 0.4) is 0 Å². The monoisotopic (exact) mass is 263 g/mol. The van der Waals surface area contributed by atoms with E-state index in [4.69, 9.17) is 0 Å². The van der Waals surface area contributed by atoms with E-state index >= 15 is 0 Å². The Morgan fingerprint density at radius 3 is 2.32 bits per heavy atom. The van der Waals surface area contributed by atoms with Gasteiger partial charge in [-0.15, -0.1) is 0 Å². The SMILES string of the molecule is Cc1nn(C)c(C)c1C(C)N[C@H](C)C1CCCCC1. The molecule has 1 unspecified atom stereocenters. The second-order valence-electron chi connectivity index (χ2n) is 6.28. The van der Waals surface area contributed by atoms with E-state index in [2.05, 4.69) is 38.1 Å². The van der Waals surface area contributed by atoms with E-state index < -0.39 is 0 Å². The van der Waals surface area contributed by atoms with E-state index in [1.54, 1.807) is 0 Å². The predicted octanol–water partition coefficient (Wildman–Crippen LogP) is 3.66. The van der Waals surface area contributed by atoms with Crippen molar-refractivity contribution in [2.24, 2.45) is 13.0 Å². The number of hydrogen-bond donors (Lipinski definition) is 1. The summed E-state index contributed by atoms with van der Waals surface area (Å²) in [6.07, 6.45) is 7.05. The highest BCUT2D eigenvalue weighted by atomic mass is 15.3. The maximum absolute atomic E-state index is 4.53. The molecule has 1 heterocycles. The van der Waals surface area contributed by atoms with E-state index in [0.29, 0.717) is 12.1 Å². The summed E-state index contributed by atoms with van der Waals surface area (Å²) in [6, 6.07) is 1.000. The summed E-state index contributed by atoms with van der Waals surface area (Å²) in [5, 5.41) is 8.34. The van der Waals surface area contributed by atoms with Crippen LogP contribution in [0.5, 0.6) is 0 Å². The molecule has 0 aliphatic heterocycles. The summed E-state index contributed by atoms with van der Waals surface area (Å²) in [7, 11) is 2.03. The maximum Gasteiger partial charge on any atom is 0.0644 e. The van der Waals surface area contributed by atoms with Gasteiger partial charge in [-0.2, -0.15) is 5.10 Å². The zero-order valence-corrected chi connectivity index (χ0v) is 13.2. The molecule has 0 aromatic carbocycles. The minimum absolute atomic E-state index is 0.394. The average Bonchev–Trinajstić information content (AvgIpc) is 2.64. The van der Waals surface area contributed by atoms with E-state index in [1.165, 1.54) is 43.4 Å². The quantitative estimate of drug-likeness (QED) is 0.898. The van der Waals surface area contributed by atoms with Crippen molar-refractivity contribution < 1.29 is 0 Å². The van der Waals surface area contributed by atoms with Crippen LogP contribution >= 0.6 is 0 Å². The number of aryl methyl sites for hydroxylation is 2. The van der Waals surface area contributed by atoms with Gasteiger partial charge in [-0.05, 0) is 46.5 Å². The van der Waals surface area contributed by atoms with E-state index in [0.717, 1.165) is 11.6 Å². The van der Waals surface area contributed by atoms with Gasteiger partial charge in [0.2, 0.25) is 0 Å². The molecule has 19 heavy (non-hydrogen) atoms. The van der Waals surface area contributed by atoms with Crippen LogP contribution in [-0.2, 0) is 7.05 Å². The number of hydrogen-bond acceptors (Lipinski definition) is 2. The molecule has 1 aliphatic rings. The Morgan fingerprint density at radius 1 is 1.16 bits per heavy atom. The minimum atomic E-state index is 0.394. The highest BCUT2D eigenvalue weighted by Crippen LogP contribution is 2.28. The Hall–Kier alpha value is -0.830. The summed E-state index contributed by atoms with van der Waals surface area (Å²) in [5.74, 6) is 0.855. The second kappa shape index (κ2) is 6.08. The van der Waals surface area contributed by atoms with Crippen LogP contribution in [0.25, 0.3) is 0 Å². The van der Waals surface area contributed by atoms with E-state index in [-0.39, 0.29) is 0 Å². The summed E-state index contributed by atoms with van der Waals surface area (Å²) >= 11 is 0. The molecule has 3 heteroatoms. The van der Waals surface area contributed by atoms with Crippen LogP contribution < -0.4 is 5.32 Å². The van der Waals surface area contributed by atoms with Crippen molar-refractivity contribution in [2.45, 2.75) is 71.9 Å². The van der Waals surface area contributed by atoms with Gasteiger partial charge in [0, 0.05) is 30.4 Å². The highest BCUT2D eigenvalue weighted by molar-refractivity contribution is 5.27. The Morgan fingerprint density at radius 2 is 1.79 bits per heavy atom. The largest absolute Gasteiger partial charge is 0.307 e. The zero-order valence-electron chi connectivity index (χ0n) is 13.2. The third-order valence-electron chi connectivity index (χ3n) is 4.87. The number of nitrogens with zero attached hydrogens (tertiary/aromatic N) is 2. The fourth-order valence-corrected chi connectivity index (χ4v) is 3.66. The molecule has 108 valence electrons. The van der Waals surface area contributed by atoms with Crippen LogP contribution in [0.15, 0.2) is 0 Å². The van der Waals surface area contributed by atoms with Crippen LogP contribution in [0.1, 0.15) is 68.9 Å². The minimum Gasteiger partial charge on any atom is -0.307 e. The van der Waals surface area contributed by atoms with Gasteiger partial charge in [0.1, 0.15) is 0 Å². The second-order valence-corrected chi connectivity index (χ2v) is 6.28. The fourth-order valence-electron chi connectivity index (χ4n) is 3.66. The average molecular weight is 263 g/mol. The predicted molar refractivity (Wildman–Crippen MR) is 80.3 cm³/mol. The summed E-state index contributed by atoms with van der Waals surface area (Å²) in [6.45, 7) is 8.91. The Bertz CT molecular complexity index is 416. The van der Waals surface area contributed by atoms with Gasteiger partial charge >= 0.3 is 0 Å². The Balaban J connectivity index is 2.01. The smallest absolute Gasteiger partial charge is 0.0644 e. The molecule has 1 aliphatic carbocycles. The molecule has 3 nitrogen and oxygen atoms in total. The summed E-state index contributed by atoms with van der Waals surface area (Å²) in [4.78, 5) is 0. The van der Waals surface area contributed by atoms with E-state index in [1.807, 2.05) is 11.7 Å². The van der Waals surface area contributed by atoms with Crippen LogP contribution in [0, 0.1) is 19.8 Å². The van der Waals surface area contributed by atoms with E-state index in [9.17, 15) is 0 Å².